The van der Waals surface area contributed by atoms with Crippen LogP contribution in [0.2, 0.25) is 0 Å². The second-order valence-corrected chi connectivity index (χ2v) is 9.05. The first-order chi connectivity index (χ1) is 17.0. The molecule has 2 aliphatic heterocycles. The van der Waals surface area contributed by atoms with E-state index in [1.54, 1.807) is 16.7 Å². The molecule has 35 heavy (non-hydrogen) atoms. The molecule has 2 aliphatic rings. The quantitative estimate of drug-likeness (QED) is 0.535. The number of tetrazole rings is 1. The number of aryl methyl sites for hydroxylation is 1. The predicted octanol–water partition coefficient (Wildman–Crippen LogP) is 1.68. The van der Waals surface area contributed by atoms with Crippen molar-refractivity contribution in [1.82, 2.24) is 30.0 Å². The standard InChI is InChI=1S/C25H29N7O3/c1-18-3-5-20(6-4-18)31-16-19(15-24(31)33)25(34)30-13-11-29(12-14-30)17-23-26-27-28-32(23)21-7-9-22(35-2)10-8-21/h3-10,19H,11-17H2,1-2H3. The molecule has 10 nitrogen and oxygen atoms in total. The molecule has 0 N–H and O–H groups in total. The third-order valence-corrected chi connectivity index (χ3v) is 6.72. The fourth-order valence-electron chi connectivity index (χ4n) is 4.66. The summed E-state index contributed by atoms with van der Waals surface area (Å²) in [7, 11) is 1.63. The molecule has 2 amide bonds. The van der Waals surface area contributed by atoms with Crippen LogP contribution in [0.4, 0.5) is 5.69 Å². The highest BCUT2D eigenvalue weighted by Gasteiger charge is 2.38. The lowest BCUT2D eigenvalue weighted by Crippen LogP contribution is -2.50. The Bertz CT molecular complexity index is 1180. The number of benzene rings is 2. The van der Waals surface area contributed by atoms with Gasteiger partial charge in [0.05, 0.1) is 25.3 Å². The number of piperazine rings is 1. The van der Waals surface area contributed by atoms with Gasteiger partial charge in [0.15, 0.2) is 5.82 Å². The molecule has 10 heteroatoms. The molecule has 2 fully saturated rings. The lowest BCUT2D eigenvalue weighted by molar-refractivity contribution is -0.137. The Morgan fingerprint density at radius 2 is 1.69 bits per heavy atom. The van der Waals surface area contributed by atoms with Gasteiger partial charge in [0.2, 0.25) is 11.8 Å². The van der Waals surface area contributed by atoms with Crippen LogP contribution in [0.25, 0.3) is 5.69 Å². The first-order valence-electron chi connectivity index (χ1n) is 11.8. The number of anilines is 1. The number of methoxy groups -OCH3 is 1. The number of aromatic nitrogens is 4. The number of hydrogen-bond acceptors (Lipinski definition) is 7. The van der Waals surface area contributed by atoms with Crippen LogP contribution in [0.5, 0.6) is 5.75 Å². The Labute approximate surface area is 204 Å². The summed E-state index contributed by atoms with van der Waals surface area (Å²) in [6.45, 7) is 5.74. The second-order valence-electron chi connectivity index (χ2n) is 9.05. The van der Waals surface area contributed by atoms with Crippen molar-refractivity contribution in [3.8, 4) is 11.4 Å². The number of nitrogens with zero attached hydrogens (tertiary/aromatic N) is 7. The molecule has 2 saturated heterocycles. The minimum Gasteiger partial charge on any atom is -0.497 e. The summed E-state index contributed by atoms with van der Waals surface area (Å²) in [6, 6.07) is 15.4. The third kappa shape index (κ3) is 4.88. The summed E-state index contributed by atoms with van der Waals surface area (Å²) in [5.41, 5.74) is 2.86. The lowest BCUT2D eigenvalue weighted by Gasteiger charge is -2.35. The number of ether oxygens (including phenoxy) is 1. The van der Waals surface area contributed by atoms with Gasteiger partial charge in [0, 0.05) is 44.8 Å². The van der Waals surface area contributed by atoms with Crippen LogP contribution in [0, 0.1) is 12.8 Å². The van der Waals surface area contributed by atoms with Gasteiger partial charge >= 0.3 is 0 Å². The van der Waals surface area contributed by atoms with Crippen LogP contribution in [0.3, 0.4) is 0 Å². The van der Waals surface area contributed by atoms with E-state index in [9.17, 15) is 9.59 Å². The van der Waals surface area contributed by atoms with Crippen molar-refractivity contribution in [1.29, 1.82) is 0 Å². The maximum Gasteiger partial charge on any atom is 0.228 e. The Morgan fingerprint density at radius 1 is 1.00 bits per heavy atom. The minimum absolute atomic E-state index is 0.0104. The van der Waals surface area contributed by atoms with Crippen molar-refractivity contribution < 1.29 is 14.3 Å². The van der Waals surface area contributed by atoms with Gasteiger partial charge in [0.25, 0.3) is 0 Å². The molecule has 0 saturated carbocycles. The zero-order valence-electron chi connectivity index (χ0n) is 20.0. The van der Waals surface area contributed by atoms with Crippen LogP contribution in [0.15, 0.2) is 48.5 Å². The van der Waals surface area contributed by atoms with Crippen molar-refractivity contribution in [2.75, 3.05) is 44.7 Å². The highest BCUT2D eigenvalue weighted by Crippen LogP contribution is 2.27. The molecule has 1 atom stereocenters. The topological polar surface area (TPSA) is 96.7 Å². The Balaban J connectivity index is 1.16. The summed E-state index contributed by atoms with van der Waals surface area (Å²) in [6.07, 6.45) is 0.267. The molecule has 2 aromatic carbocycles. The summed E-state index contributed by atoms with van der Waals surface area (Å²) in [5.74, 6) is 1.30. The van der Waals surface area contributed by atoms with Gasteiger partial charge in [-0.1, -0.05) is 17.7 Å². The van der Waals surface area contributed by atoms with E-state index in [1.807, 2.05) is 60.4 Å². The second kappa shape index (κ2) is 9.83. The van der Waals surface area contributed by atoms with E-state index >= 15 is 0 Å². The largest absolute Gasteiger partial charge is 0.497 e. The van der Waals surface area contributed by atoms with Gasteiger partial charge < -0.3 is 14.5 Å². The fraction of sp³-hybridized carbons (Fsp3) is 0.400. The van der Waals surface area contributed by atoms with Crippen molar-refractivity contribution in [2.45, 2.75) is 19.9 Å². The summed E-state index contributed by atoms with van der Waals surface area (Å²) >= 11 is 0. The smallest absolute Gasteiger partial charge is 0.228 e. The van der Waals surface area contributed by atoms with E-state index in [1.165, 1.54) is 0 Å². The van der Waals surface area contributed by atoms with E-state index in [0.717, 1.165) is 41.6 Å². The molecule has 3 aromatic rings. The number of amides is 2. The van der Waals surface area contributed by atoms with E-state index in [2.05, 4.69) is 20.4 Å². The van der Waals surface area contributed by atoms with Gasteiger partial charge in [-0.25, -0.2) is 0 Å². The Hall–Kier alpha value is -3.79. The van der Waals surface area contributed by atoms with E-state index in [-0.39, 0.29) is 24.2 Å². The van der Waals surface area contributed by atoms with Crippen LogP contribution < -0.4 is 9.64 Å². The first kappa shape index (κ1) is 23.0. The molecule has 1 aromatic heterocycles. The van der Waals surface area contributed by atoms with E-state index in [4.69, 9.17) is 4.74 Å². The molecule has 1 unspecified atom stereocenters. The van der Waals surface area contributed by atoms with Gasteiger partial charge in [-0.2, -0.15) is 4.68 Å². The maximum atomic E-state index is 13.2. The average molecular weight is 476 g/mol. The summed E-state index contributed by atoms with van der Waals surface area (Å²) in [4.78, 5) is 31.6. The third-order valence-electron chi connectivity index (χ3n) is 6.72. The molecule has 0 radical (unpaired) electrons. The molecule has 0 bridgehead atoms. The van der Waals surface area contributed by atoms with Gasteiger partial charge in [0.1, 0.15) is 5.75 Å². The van der Waals surface area contributed by atoms with Crippen molar-refractivity contribution in [3.63, 3.8) is 0 Å². The molecule has 0 spiro atoms. The van der Waals surface area contributed by atoms with Crippen molar-refractivity contribution in [2.24, 2.45) is 5.92 Å². The van der Waals surface area contributed by atoms with Gasteiger partial charge in [-0.05, 0) is 53.7 Å². The monoisotopic (exact) mass is 475 g/mol. The zero-order chi connectivity index (χ0) is 24.4. The van der Waals surface area contributed by atoms with Crippen molar-refractivity contribution >= 4 is 17.5 Å². The summed E-state index contributed by atoms with van der Waals surface area (Å²) in [5, 5.41) is 12.2. The zero-order valence-corrected chi connectivity index (χ0v) is 20.0. The highest BCUT2D eigenvalue weighted by molar-refractivity contribution is 6.00. The van der Waals surface area contributed by atoms with E-state index in [0.29, 0.717) is 26.2 Å². The molecular weight excluding hydrogens is 446 g/mol. The van der Waals surface area contributed by atoms with Gasteiger partial charge in [-0.15, -0.1) is 5.10 Å². The minimum atomic E-state index is -0.294. The maximum absolute atomic E-state index is 13.2. The molecular formula is C25H29N7O3. The number of hydrogen-bond donors (Lipinski definition) is 0. The van der Waals surface area contributed by atoms with Crippen LogP contribution in [0.1, 0.15) is 17.8 Å². The average Bonchev–Trinajstić information content (AvgIpc) is 3.51. The Kier molecular flexibility index (Phi) is 6.45. The normalized spacial score (nSPS) is 18.8. The number of carbonyl (C=O) groups excluding carboxylic acids is 2. The highest BCUT2D eigenvalue weighted by atomic mass is 16.5. The first-order valence-corrected chi connectivity index (χ1v) is 11.8. The predicted molar refractivity (Wildman–Crippen MR) is 129 cm³/mol. The Morgan fingerprint density at radius 3 is 2.37 bits per heavy atom. The van der Waals surface area contributed by atoms with Crippen molar-refractivity contribution in [3.05, 3.63) is 59.9 Å². The van der Waals surface area contributed by atoms with Crippen LogP contribution in [-0.4, -0.2) is 81.7 Å². The molecule has 182 valence electrons. The summed E-state index contributed by atoms with van der Waals surface area (Å²) < 4.78 is 6.94. The van der Waals surface area contributed by atoms with Crippen LogP contribution in [-0.2, 0) is 16.1 Å². The SMILES string of the molecule is COc1ccc(-n2nnnc2CN2CCN(C(=O)C3CC(=O)N(c4ccc(C)cc4)C3)CC2)cc1. The molecule has 5 rings (SSSR count). The molecule has 0 aliphatic carbocycles. The number of carbonyl (C=O) groups is 2. The van der Waals surface area contributed by atoms with Gasteiger partial charge in [-0.3, -0.25) is 14.5 Å². The fourth-order valence-corrected chi connectivity index (χ4v) is 4.66. The molecule has 3 heterocycles. The van der Waals surface area contributed by atoms with E-state index < -0.39 is 0 Å². The van der Waals surface area contributed by atoms with Crippen LogP contribution >= 0.6 is 0 Å². The number of rotatable bonds is 6. The lowest BCUT2D eigenvalue weighted by atomic mass is 10.1.